The Balaban J connectivity index is 1.73. The zero-order chi connectivity index (χ0) is 26.5. The van der Waals surface area contributed by atoms with Crippen LogP contribution in [-0.2, 0) is 20.0 Å². The molecule has 0 saturated heterocycles. The van der Waals surface area contributed by atoms with Gasteiger partial charge < -0.3 is 14.8 Å². The molecular weight excluding hydrogens is 506 g/mol. The van der Waals surface area contributed by atoms with Crippen LogP contribution in [0.5, 0.6) is 11.5 Å². The molecule has 0 heterocycles. The molecule has 3 aromatic carbocycles. The molecule has 0 fully saturated rings. The third-order valence-corrected chi connectivity index (χ3v) is 7.83. The van der Waals surface area contributed by atoms with Crippen molar-refractivity contribution >= 4 is 43.0 Å². The van der Waals surface area contributed by atoms with E-state index in [0.717, 1.165) is 6.26 Å². The minimum Gasteiger partial charge on any atom is -0.497 e. The summed E-state index contributed by atoms with van der Waals surface area (Å²) in [6, 6.07) is 16.5. The SMILES string of the molecule is CCN(c1ccc(C(=O)Nc2ccc(S(=O)(=O)Nc3cc(OC)ccc3OC)cc2)cc1)S(C)(=O)=O. The fourth-order valence-electron chi connectivity index (χ4n) is 3.41. The van der Waals surface area contributed by atoms with Crippen LogP contribution in [0.2, 0.25) is 0 Å². The number of nitrogens with one attached hydrogen (secondary N) is 2. The van der Waals surface area contributed by atoms with E-state index in [9.17, 15) is 21.6 Å². The van der Waals surface area contributed by atoms with Crippen molar-refractivity contribution in [3.05, 3.63) is 72.3 Å². The highest BCUT2D eigenvalue weighted by Crippen LogP contribution is 2.31. The fourth-order valence-corrected chi connectivity index (χ4v) is 5.44. The maximum Gasteiger partial charge on any atom is 0.262 e. The normalized spacial score (nSPS) is 11.4. The van der Waals surface area contributed by atoms with Crippen LogP contribution < -0.4 is 23.8 Å². The molecule has 0 aliphatic heterocycles. The number of benzene rings is 3. The second kappa shape index (κ2) is 10.9. The molecule has 192 valence electrons. The van der Waals surface area contributed by atoms with Gasteiger partial charge in [-0.3, -0.25) is 13.8 Å². The summed E-state index contributed by atoms with van der Waals surface area (Å²) >= 11 is 0. The van der Waals surface area contributed by atoms with E-state index in [1.807, 2.05) is 0 Å². The number of hydrogen-bond acceptors (Lipinski definition) is 7. The lowest BCUT2D eigenvalue weighted by molar-refractivity contribution is 0.102. The second-order valence-corrected chi connectivity index (χ2v) is 11.2. The Bertz CT molecular complexity index is 1440. The zero-order valence-electron chi connectivity index (χ0n) is 20.2. The minimum atomic E-state index is -3.95. The number of hydrogen-bond donors (Lipinski definition) is 2. The number of ether oxygens (including phenoxy) is 2. The van der Waals surface area contributed by atoms with E-state index in [1.54, 1.807) is 31.2 Å². The number of methoxy groups -OCH3 is 2. The number of sulfonamides is 2. The minimum absolute atomic E-state index is 0.0184. The van der Waals surface area contributed by atoms with Crippen LogP contribution in [0.15, 0.2) is 71.6 Å². The summed E-state index contributed by atoms with van der Waals surface area (Å²) < 4.78 is 63.5. The van der Waals surface area contributed by atoms with Crippen molar-refractivity contribution in [2.75, 3.05) is 41.4 Å². The van der Waals surface area contributed by atoms with Crippen molar-refractivity contribution in [2.45, 2.75) is 11.8 Å². The Morgan fingerprint density at radius 3 is 2.06 bits per heavy atom. The summed E-state index contributed by atoms with van der Waals surface area (Å²) in [5.41, 5.74) is 1.36. The Labute approximate surface area is 211 Å². The van der Waals surface area contributed by atoms with Crippen molar-refractivity contribution in [1.82, 2.24) is 0 Å². The standard InChI is InChI=1S/C24H27N3O7S2/c1-5-27(35(4,29)30)19-10-6-17(7-11-19)24(28)25-18-8-13-21(14-9-18)36(31,32)26-22-16-20(33-2)12-15-23(22)34-3/h6-16,26H,5H2,1-4H3,(H,25,28). The first kappa shape index (κ1) is 26.8. The van der Waals surface area contributed by atoms with Crippen LogP contribution in [0.25, 0.3) is 0 Å². The van der Waals surface area contributed by atoms with E-state index in [1.165, 1.54) is 61.0 Å². The molecule has 0 atom stereocenters. The number of amides is 1. The highest BCUT2D eigenvalue weighted by molar-refractivity contribution is 7.92. The summed E-state index contributed by atoms with van der Waals surface area (Å²) in [5.74, 6) is 0.352. The van der Waals surface area contributed by atoms with Crippen LogP contribution >= 0.6 is 0 Å². The predicted octanol–water partition coefficient (Wildman–Crippen LogP) is 3.54. The quantitative estimate of drug-likeness (QED) is 0.407. The highest BCUT2D eigenvalue weighted by atomic mass is 32.2. The second-order valence-electron chi connectivity index (χ2n) is 7.62. The molecular formula is C24H27N3O7S2. The topological polar surface area (TPSA) is 131 Å². The highest BCUT2D eigenvalue weighted by Gasteiger charge is 2.18. The molecule has 2 N–H and O–H groups in total. The molecule has 3 aromatic rings. The molecule has 36 heavy (non-hydrogen) atoms. The predicted molar refractivity (Wildman–Crippen MR) is 139 cm³/mol. The van der Waals surface area contributed by atoms with Gasteiger partial charge >= 0.3 is 0 Å². The Kier molecular flexibility index (Phi) is 8.10. The smallest absolute Gasteiger partial charge is 0.262 e. The molecule has 0 unspecified atom stereocenters. The van der Waals surface area contributed by atoms with Crippen LogP contribution in [-0.4, -0.2) is 49.8 Å². The molecule has 1 amide bonds. The first-order valence-electron chi connectivity index (χ1n) is 10.7. The first-order valence-corrected chi connectivity index (χ1v) is 14.1. The number of rotatable bonds is 10. The fraction of sp³-hybridized carbons (Fsp3) is 0.208. The third kappa shape index (κ3) is 6.26. The van der Waals surface area contributed by atoms with E-state index in [2.05, 4.69) is 10.0 Å². The number of carbonyl (C=O) groups excluding carboxylic acids is 1. The van der Waals surface area contributed by atoms with Crippen LogP contribution in [0.3, 0.4) is 0 Å². The molecule has 10 nitrogen and oxygen atoms in total. The maximum absolute atomic E-state index is 12.9. The van der Waals surface area contributed by atoms with Gasteiger partial charge in [-0.15, -0.1) is 0 Å². The molecule has 0 aromatic heterocycles. The van der Waals surface area contributed by atoms with Gasteiger partial charge in [-0.1, -0.05) is 0 Å². The van der Waals surface area contributed by atoms with Crippen molar-refractivity contribution < 1.29 is 31.1 Å². The lowest BCUT2D eigenvalue weighted by Crippen LogP contribution is -2.29. The zero-order valence-corrected chi connectivity index (χ0v) is 21.8. The van der Waals surface area contributed by atoms with Crippen LogP contribution in [0, 0.1) is 0 Å². The monoisotopic (exact) mass is 533 g/mol. The van der Waals surface area contributed by atoms with Gasteiger partial charge in [0.1, 0.15) is 11.5 Å². The van der Waals surface area contributed by atoms with E-state index < -0.39 is 26.0 Å². The lowest BCUT2D eigenvalue weighted by atomic mass is 10.2. The van der Waals surface area contributed by atoms with Crippen molar-refractivity contribution in [2.24, 2.45) is 0 Å². The van der Waals surface area contributed by atoms with E-state index >= 15 is 0 Å². The lowest BCUT2D eigenvalue weighted by Gasteiger charge is -2.20. The molecule has 12 heteroatoms. The van der Waals surface area contributed by atoms with Crippen molar-refractivity contribution in [3.63, 3.8) is 0 Å². The Hall–Kier alpha value is -3.77. The summed E-state index contributed by atoms with van der Waals surface area (Å²) in [6.45, 7) is 1.98. The molecule has 0 aliphatic rings. The van der Waals surface area contributed by atoms with Crippen LogP contribution in [0.1, 0.15) is 17.3 Å². The molecule has 0 saturated carbocycles. The molecule has 0 radical (unpaired) electrons. The van der Waals surface area contributed by atoms with Gasteiger partial charge in [-0.2, -0.15) is 0 Å². The molecule has 0 bridgehead atoms. The van der Waals surface area contributed by atoms with Gasteiger partial charge in [-0.25, -0.2) is 16.8 Å². The summed E-state index contributed by atoms with van der Waals surface area (Å²) in [6.07, 6.45) is 1.11. The van der Waals surface area contributed by atoms with Gasteiger partial charge in [0.05, 0.1) is 36.7 Å². The Morgan fingerprint density at radius 1 is 0.889 bits per heavy atom. The summed E-state index contributed by atoms with van der Waals surface area (Å²) in [5, 5.41) is 2.69. The van der Waals surface area contributed by atoms with E-state index in [4.69, 9.17) is 9.47 Å². The van der Waals surface area contributed by atoms with Gasteiger partial charge in [0.2, 0.25) is 10.0 Å². The molecule has 3 rings (SSSR count). The number of carbonyl (C=O) groups is 1. The number of nitrogens with zero attached hydrogens (tertiary/aromatic N) is 1. The van der Waals surface area contributed by atoms with Crippen LogP contribution in [0.4, 0.5) is 17.1 Å². The van der Waals surface area contributed by atoms with Gasteiger partial charge in [0.15, 0.2) is 0 Å². The van der Waals surface area contributed by atoms with E-state index in [-0.39, 0.29) is 17.1 Å². The summed E-state index contributed by atoms with van der Waals surface area (Å²) in [7, 11) is -4.48. The average molecular weight is 534 g/mol. The molecule has 0 spiro atoms. The van der Waals surface area contributed by atoms with Gasteiger partial charge in [0, 0.05) is 23.9 Å². The largest absolute Gasteiger partial charge is 0.497 e. The van der Waals surface area contributed by atoms with Crippen molar-refractivity contribution in [1.29, 1.82) is 0 Å². The molecule has 0 aliphatic carbocycles. The number of anilines is 3. The van der Waals surface area contributed by atoms with Gasteiger partial charge in [-0.05, 0) is 67.6 Å². The van der Waals surface area contributed by atoms with Crippen molar-refractivity contribution in [3.8, 4) is 11.5 Å². The van der Waals surface area contributed by atoms with Gasteiger partial charge in [0.25, 0.3) is 15.9 Å². The van der Waals surface area contributed by atoms with E-state index in [0.29, 0.717) is 28.4 Å². The first-order chi connectivity index (χ1) is 17.0. The summed E-state index contributed by atoms with van der Waals surface area (Å²) in [4.78, 5) is 12.6. The maximum atomic E-state index is 12.9. The Morgan fingerprint density at radius 2 is 1.53 bits per heavy atom. The third-order valence-electron chi connectivity index (χ3n) is 5.18. The average Bonchev–Trinajstić information content (AvgIpc) is 2.84.